The number of benzene rings is 2. The summed E-state index contributed by atoms with van der Waals surface area (Å²) in [5.41, 5.74) is -3.08. The molecule has 0 saturated carbocycles. The van der Waals surface area contributed by atoms with Crippen LogP contribution in [0, 0.1) is 0 Å². The van der Waals surface area contributed by atoms with Gasteiger partial charge >= 0.3 is 0 Å². The maximum atomic E-state index is 13.9. The Morgan fingerprint density at radius 3 is 2.34 bits per heavy atom. The zero-order chi connectivity index (χ0) is 31.9. The van der Waals surface area contributed by atoms with Gasteiger partial charge in [0.25, 0.3) is 0 Å². The molecule has 2 aliphatic rings. The van der Waals surface area contributed by atoms with Crippen LogP contribution in [0.2, 0.25) is 0 Å². The number of methoxy groups -OCH3 is 2. The van der Waals surface area contributed by atoms with Crippen LogP contribution < -0.4 is 19.6 Å². The maximum Gasteiger partial charge on any atom is 0.239 e. The van der Waals surface area contributed by atoms with E-state index in [1.807, 2.05) is 0 Å². The number of aliphatic hydroxyl groups excluding tert-OH is 5. The summed E-state index contributed by atoms with van der Waals surface area (Å²) in [6, 6.07) is 6.51. The van der Waals surface area contributed by atoms with Crippen molar-refractivity contribution in [1.29, 1.82) is 0 Å². The number of ether oxygens (including phenoxy) is 6. The summed E-state index contributed by atoms with van der Waals surface area (Å²) >= 11 is 0. The van der Waals surface area contributed by atoms with Gasteiger partial charge in [0.2, 0.25) is 17.5 Å². The minimum absolute atomic E-state index is 0.0923. The highest BCUT2D eigenvalue weighted by Gasteiger charge is 2.53. The third kappa shape index (κ3) is 5.51. The molecule has 2 aromatic carbocycles. The molecule has 2 saturated heterocycles. The first-order valence-corrected chi connectivity index (χ1v) is 13.3. The molecule has 0 bridgehead atoms. The van der Waals surface area contributed by atoms with Crippen LogP contribution in [0.25, 0.3) is 22.3 Å². The number of rotatable bonds is 9. The van der Waals surface area contributed by atoms with Gasteiger partial charge in [0, 0.05) is 17.7 Å². The molecule has 16 heteroatoms. The van der Waals surface area contributed by atoms with E-state index in [4.69, 9.17) is 32.8 Å². The van der Waals surface area contributed by atoms with Crippen molar-refractivity contribution < 1.29 is 73.7 Å². The lowest BCUT2D eigenvalue weighted by Gasteiger charge is -2.42. The first-order valence-electron chi connectivity index (χ1n) is 13.3. The molecule has 8 N–H and O–H groups in total. The number of aromatic hydroxyl groups is 2. The van der Waals surface area contributed by atoms with Crippen LogP contribution in [0.15, 0.2) is 39.5 Å². The van der Waals surface area contributed by atoms with Gasteiger partial charge in [-0.15, -0.1) is 0 Å². The topological polar surface area (TPSA) is 247 Å². The Hall–Kier alpha value is -3.71. The quantitative estimate of drug-likeness (QED) is 0.135. The molecule has 0 amide bonds. The molecule has 3 aromatic rings. The average Bonchev–Trinajstić information content (AvgIpc) is 3.30. The predicted octanol–water partition coefficient (Wildman–Crippen LogP) is -1.47. The van der Waals surface area contributed by atoms with Gasteiger partial charge in [0.1, 0.15) is 52.5 Å². The van der Waals surface area contributed by atoms with E-state index in [9.17, 15) is 45.6 Å². The first kappa shape index (κ1) is 31.7. The normalized spacial score (nSPS) is 30.4. The second kappa shape index (κ2) is 12.4. The monoisotopic (exact) mass is 624 g/mol. The van der Waals surface area contributed by atoms with E-state index in [1.165, 1.54) is 38.5 Å². The number of fused-ring (bicyclic) bond motifs is 1. The van der Waals surface area contributed by atoms with Crippen LogP contribution in [-0.4, -0.2) is 124 Å². The SMILES string of the molecule is COc1cc(O)c2c(=O)c(O[C@H]3OC(CO)[C@@H](O)[C@@H](O)C3O[C@@H]3OC[C@@](O)(CO)C3O)c(-c3ccc(OC)c(O)c3)oc2c1. The number of hydrogen-bond acceptors (Lipinski definition) is 16. The van der Waals surface area contributed by atoms with Crippen LogP contribution in [0.1, 0.15) is 0 Å². The van der Waals surface area contributed by atoms with Crippen LogP contribution in [-0.2, 0) is 14.2 Å². The van der Waals surface area contributed by atoms with E-state index in [1.54, 1.807) is 0 Å². The predicted molar refractivity (Wildman–Crippen MR) is 145 cm³/mol. The Morgan fingerprint density at radius 1 is 0.977 bits per heavy atom. The van der Waals surface area contributed by atoms with Crippen molar-refractivity contribution in [3.05, 3.63) is 40.6 Å². The average molecular weight is 625 g/mol. The number of hydrogen-bond donors (Lipinski definition) is 8. The fraction of sp³-hybridized carbons (Fsp3) is 0.464. The molecule has 0 spiro atoms. The molecule has 3 heterocycles. The maximum absolute atomic E-state index is 13.9. The molecule has 44 heavy (non-hydrogen) atoms. The Labute approximate surface area is 248 Å². The van der Waals surface area contributed by atoms with E-state index in [0.717, 1.165) is 6.07 Å². The fourth-order valence-corrected chi connectivity index (χ4v) is 4.98. The van der Waals surface area contributed by atoms with E-state index in [0.29, 0.717) is 0 Å². The molecular weight excluding hydrogens is 592 g/mol. The Morgan fingerprint density at radius 2 is 1.73 bits per heavy atom. The van der Waals surface area contributed by atoms with Gasteiger partial charge in [0.05, 0.1) is 34.0 Å². The van der Waals surface area contributed by atoms with E-state index in [-0.39, 0.29) is 39.5 Å². The van der Waals surface area contributed by atoms with Crippen LogP contribution >= 0.6 is 0 Å². The molecule has 2 fully saturated rings. The third-order valence-corrected chi connectivity index (χ3v) is 7.51. The number of phenols is 2. The molecule has 0 aliphatic carbocycles. The fourth-order valence-electron chi connectivity index (χ4n) is 4.98. The smallest absolute Gasteiger partial charge is 0.239 e. The van der Waals surface area contributed by atoms with Crippen LogP contribution in [0.3, 0.4) is 0 Å². The van der Waals surface area contributed by atoms with Gasteiger partial charge in [-0.2, -0.15) is 0 Å². The molecule has 2 aliphatic heterocycles. The standard InChI is InChI=1S/C28H32O16/c1-38-12-6-14(32)18-16(7-12)41-22(11-3-4-15(39-2)13(31)5-11)23(20(18)34)43-26-24(21(35)19(33)17(8-29)42-26)44-27-25(36)28(37,9-30)10-40-27/h3-7,17,19,21,24-27,29-33,35-37H,8-10H2,1-2H3/t17?,19-,21-,24?,25?,26-,27+,28+/m1/s1. The van der Waals surface area contributed by atoms with Gasteiger partial charge in [-0.05, 0) is 18.2 Å². The van der Waals surface area contributed by atoms with Gasteiger partial charge in [-0.3, -0.25) is 4.79 Å². The van der Waals surface area contributed by atoms with Crippen molar-refractivity contribution in [3.63, 3.8) is 0 Å². The van der Waals surface area contributed by atoms with E-state index >= 15 is 0 Å². The van der Waals surface area contributed by atoms with Crippen molar-refractivity contribution in [2.24, 2.45) is 0 Å². The van der Waals surface area contributed by atoms with Crippen molar-refractivity contribution >= 4 is 11.0 Å². The summed E-state index contributed by atoms with van der Waals surface area (Å²) in [5, 5.41) is 82.4. The summed E-state index contributed by atoms with van der Waals surface area (Å²) in [6.07, 6.45) is -12.1. The van der Waals surface area contributed by atoms with Crippen molar-refractivity contribution in [1.82, 2.24) is 0 Å². The number of phenolic OH excluding ortho intramolecular Hbond substituents is 2. The molecule has 16 nitrogen and oxygen atoms in total. The van der Waals surface area contributed by atoms with Crippen molar-refractivity contribution in [2.75, 3.05) is 34.0 Å². The largest absolute Gasteiger partial charge is 0.507 e. The highest BCUT2D eigenvalue weighted by Crippen LogP contribution is 2.40. The summed E-state index contributed by atoms with van der Waals surface area (Å²) in [4.78, 5) is 13.9. The minimum Gasteiger partial charge on any atom is -0.507 e. The highest BCUT2D eigenvalue weighted by atomic mass is 16.8. The lowest BCUT2D eigenvalue weighted by molar-refractivity contribution is -0.319. The van der Waals surface area contributed by atoms with Crippen LogP contribution in [0.5, 0.6) is 28.7 Å². The Balaban J connectivity index is 1.63. The molecule has 1 aromatic heterocycles. The highest BCUT2D eigenvalue weighted by molar-refractivity contribution is 5.88. The molecular formula is C28H32O16. The van der Waals surface area contributed by atoms with Gasteiger partial charge in [0.15, 0.2) is 29.7 Å². The van der Waals surface area contributed by atoms with Crippen LogP contribution in [0.4, 0.5) is 0 Å². The summed E-state index contributed by atoms with van der Waals surface area (Å²) < 4.78 is 38.7. The minimum atomic E-state index is -2.10. The summed E-state index contributed by atoms with van der Waals surface area (Å²) in [7, 11) is 2.67. The zero-order valence-corrected chi connectivity index (χ0v) is 23.4. The molecule has 3 unspecified atom stereocenters. The second-order valence-electron chi connectivity index (χ2n) is 10.3. The molecule has 240 valence electrons. The third-order valence-electron chi connectivity index (χ3n) is 7.51. The van der Waals surface area contributed by atoms with Gasteiger partial charge in [-0.25, -0.2) is 0 Å². The van der Waals surface area contributed by atoms with Crippen molar-refractivity contribution in [2.45, 2.75) is 48.7 Å². The Bertz CT molecular complexity index is 1560. The summed E-state index contributed by atoms with van der Waals surface area (Å²) in [5.74, 6) is -1.51. The van der Waals surface area contributed by atoms with Crippen molar-refractivity contribution in [3.8, 4) is 40.1 Å². The van der Waals surface area contributed by atoms with Gasteiger partial charge in [-0.1, -0.05) is 0 Å². The summed E-state index contributed by atoms with van der Waals surface area (Å²) in [6.45, 7) is -2.24. The second-order valence-corrected chi connectivity index (χ2v) is 10.3. The van der Waals surface area contributed by atoms with E-state index < -0.39 is 85.4 Å². The lowest BCUT2D eigenvalue weighted by atomic mass is 9.98. The molecule has 8 atom stereocenters. The first-order chi connectivity index (χ1) is 21.0. The Kier molecular flexibility index (Phi) is 8.90. The zero-order valence-electron chi connectivity index (χ0n) is 23.4. The lowest BCUT2D eigenvalue weighted by Crippen LogP contribution is -2.62. The van der Waals surface area contributed by atoms with E-state index in [2.05, 4.69) is 0 Å². The molecule has 5 rings (SSSR count). The van der Waals surface area contributed by atoms with Gasteiger partial charge < -0.3 is 73.7 Å². The molecule has 0 radical (unpaired) electrons. The number of aliphatic hydroxyl groups is 6.